The van der Waals surface area contributed by atoms with Gasteiger partial charge < -0.3 is 4.85 Å². The van der Waals surface area contributed by atoms with Crippen molar-refractivity contribution in [3.63, 3.8) is 0 Å². The minimum atomic E-state index is -0.885. The maximum atomic E-state index is 12.7. The van der Waals surface area contributed by atoms with Crippen molar-refractivity contribution in [2.24, 2.45) is 16.2 Å². The summed E-state index contributed by atoms with van der Waals surface area (Å²) in [6, 6.07) is -0.744. The van der Waals surface area contributed by atoms with Gasteiger partial charge in [0.25, 0.3) is 6.04 Å². The number of ketones is 3. The van der Waals surface area contributed by atoms with Gasteiger partial charge in [0.2, 0.25) is 5.78 Å². The Morgan fingerprint density at radius 1 is 1.09 bits per heavy atom. The Kier molecular flexibility index (Phi) is 2.97. The van der Waals surface area contributed by atoms with E-state index in [1.807, 2.05) is 6.92 Å². The van der Waals surface area contributed by atoms with Gasteiger partial charge in [0.1, 0.15) is 0 Å². The molecule has 4 nitrogen and oxygen atoms in total. The number of allylic oxidation sites excluding steroid dienone is 6. The van der Waals surface area contributed by atoms with E-state index in [4.69, 9.17) is 6.57 Å². The molecule has 0 N–H and O–H groups in total. The van der Waals surface area contributed by atoms with Crippen LogP contribution in [-0.2, 0) is 14.4 Å². The second kappa shape index (κ2) is 4.38. The van der Waals surface area contributed by atoms with Crippen LogP contribution in [0.4, 0.5) is 0 Å². The van der Waals surface area contributed by atoms with Gasteiger partial charge in [-0.05, 0) is 50.1 Å². The van der Waals surface area contributed by atoms with E-state index in [1.165, 1.54) is 12.2 Å². The van der Waals surface area contributed by atoms with Crippen LogP contribution in [0, 0.1) is 22.8 Å². The highest BCUT2D eigenvalue weighted by molar-refractivity contribution is 6.10. The number of hydrogen-bond acceptors (Lipinski definition) is 3. The number of nitrogens with zero attached hydrogens (tertiary/aromatic N) is 1. The molecule has 0 bridgehead atoms. The van der Waals surface area contributed by atoms with E-state index in [1.54, 1.807) is 32.9 Å². The van der Waals surface area contributed by atoms with Crippen molar-refractivity contribution in [2.45, 2.75) is 40.2 Å². The van der Waals surface area contributed by atoms with Crippen LogP contribution in [0.5, 0.6) is 0 Å². The van der Waals surface area contributed by atoms with Crippen molar-refractivity contribution in [3.05, 3.63) is 46.9 Å². The van der Waals surface area contributed by atoms with E-state index in [-0.39, 0.29) is 17.3 Å². The third-order valence-corrected chi connectivity index (χ3v) is 5.75. The summed E-state index contributed by atoms with van der Waals surface area (Å²) in [6.45, 7) is 14.7. The molecule has 3 rings (SSSR count). The fourth-order valence-corrected chi connectivity index (χ4v) is 4.43. The lowest BCUT2D eigenvalue weighted by molar-refractivity contribution is -0.129. The summed E-state index contributed by atoms with van der Waals surface area (Å²) in [7, 11) is 0. The first-order chi connectivity index (χ1) is 10.6. The van der Waals surface area contributed by atoms with Crippen LogP contribution in [0.3, 0.4) is 0 Å². The summed E-state index contributed by atoms with van der Waals surface area (Å²) in [6.07, 6.45) is 6.50. The summed E-state index contributed by atoms with van der Waals surface area (Å²) >= 11 is 0. The molecule has 0 radical (unpaired) electrons. The molecule has 0 aliphatic heterocycles. The molecule has 1 saturated carbocycles. The Morgan fingerprint density at radius 3 is 2.35 bits per heavy atom. The highest BCUT2D eigenvalue weighted by atomic mass is 16.1. The van der Waals surface area contributed by atoms with Crippen molar-refractivity contribution in [2.75, 3.05) is 0 Å². The second-order valence-corrected chi connectivity index (χ2v) is 7.59. The monoisotopic (exact) mass is 309 g/mol. The van der Waals surface area contributed by atoms with Gasteiger partial charge in [0, 0.05) is 11.8 Å². The predicted octanol–water partition coefficient (Wildman–Crippen LogP) is 2.86. The zero-order valence-corrected chi connectivity index (χ0v) is 13.8. The zero-order chi connectivity index (χ0) is 17.2. The first kappa shape index (κ1) is 15.6. The molecule has 0 heterocycles. The van der Waals surface area contributed by atoms with Crippen LogP contribution in [-0.4, -0.2) is 23.4 Å². The van der Waals surface area contributed by atoms with E-state index in [0.29, 0.717) is 12.0 Å². The third-order valence-electron chi connectivity index (χ3n) is 5.75. The Bertz CT molecular complexity index is 790. The maximum absolute atomic E-state index is 12.7. The van der Waals surface area contributed by atoms with E-state index in [9.17, 15) is 14.4 Å². The van der Waals surface area contributed by atoms with Crippen molar-refractivity contribution < 1.29 is 14.4 Å². The zero-order valence-electron chi connectivity index (χ0n) is 13.8. The number of Topliss-reactive ketones (excluding diaryl/α,β-unsaturated/α-hetero) is 1. The molecule has 0 aromatic heterocycles. The summed E-state index contributed by atoms with van der Waals surface area (Å²) in [5.74, 6) is -0.408. The van der Waals surface area contributed by atoms with Gasteiger partial charge in [-0.2, -0.15) is 0 Å². The Balaban J connectivity index is 2.32. The van der Waals surface area contributed by atoms with Crippen LogP contribution in [0.1, 0.15) is 34.1 Å². The number of hydrogen-bond donors (Lipinski definition) is 0. The Labute approximate surface area is 135 Å². The lowest BCUT2D eigenvalue weighted by Gasteiger charge is -2.52. The van der Waals surface area contributed by atoms with Gasteiger partial charge >= 0.3 is 0 Å². The average molecular weight is 309 g/mol. The van der Waals surface area contributed by atoms with Crippen LogP contribution in [0.15, 0.2) is 35.5 Å². The van der Waals surface area contributed by atoms with E-state index >= 15 is 0 Å². The highest BCUT2D eigenvalue weighted by Crippen LogP contribution is 2.60. The van der Waals surface area contributed by atoms with Crippen molar-refractivity contribution in [3.8, 4) is 0 Å². The maximum Gasteiger partial charge on any atom is 0.282 e. The van der Waals surface area contributed by atoms with Crippen molar-refractivity contribution >= 4 is 17.3 Å². The number of carbonyl (C=O) groups is 3. The lowest BCUT2D eigenvalue weighted by Crippen LogP contribution is -2.54. The summed E-state index contributed by atoms with van der Waals surface area (Å²) in [5, 5.41) is 0. The van der Waals surface area contributed by atoms with Crippen LogP contribution in [0.2, 0.25) is 0 Å². The normalized spacial score (nSPS) is 38.2. The van der Waals surface area contributed by atoms with Gasteiger partial charge in [0.05, 0.1) is 10.8 Å². The quantitative estimate of drug-likeness (QED) is 0.647. The van der Waals surface area contributed by atoms with Crippen LogP contribution in [0.25, 0.3) is 4.85 Å². The molecule has 1 unspecified atom stereocenters. The van der Waals surface area contributed by atoms with Crippen LogP contribution >= 0.6 is 0 Å². The Morgan fingerprint density at radius 2 is 1.74 bits per heavy atom. The average Bonchev–Trinajstić information content (AvgIpc) is 2.49. The molecule has 0 saturated heterocycles. The van der Waals surface area contributed by atoms with Gasteiger partial charge in [0.15, 0.2) is 11.6 Å². The minimum Gasteiger partial charge on any atom is -0.305 e. The molecular weight excluding hydrogens is 290 g/mol. The molecule has 3 atom stereocenters. The predicted molar refractivity (Wildman–Crippen MR) is 85.3 cm³/mol. The molecular formula is C19H19NO3. The minimum absolute atomic E-state index is 0.109. The molecule has 0 spiro atoms. The molecule has 4 heteroatoms. The Hall–Kier alpha value is -2.28. The number of fused-ring (bicyclic) bond motifs is 3. The summed E-state index contributed by atoms with van der Waals surface area (Å²) in [5.41, 5.74) is -0.934. The molecule has 118 valence electrons. The standard InChI is InChI=1S/C19H19NO3/c1-17(2)13-9-15(22)18(3)7-6-11(21)8-14(18)19(13,4)10-12(20-5)16(17)23/h6-9,12H,10H2,1-4H3/t12?,18-,19-/m0/s1. The first-order valence-electron chi connectivity index (χ1n) is 7.71. The van der Waals surface area contributed by atoms with E-state index in [2.05, 4.69) is 4.85 Å². The van der Waals surface area contributed by atoms with Crippen molar-refractivity contribution in [1.82, 2.24) is 0 Å². The van der Waals surface area contributed by atoms with E-state index < -0.39 is 22.3 Å². The van der Waals surface area contributed by atoms with Gasteiger partial charge in [-0.15, -0.1) is 0 Å². The topological polar surface area (TPSA) is 55.6 Å². The molecule has 0 aromatic carbocycles. The molecule has 3 aliphatic carbocycles. The summed E-state index contributed by atoms with van der Waals surface area (Å²) in [4.78, 5) is 40.8. The van der Waals surface area contributed by atoms with E-state index in [0.717, 1.165) is 5.57 Å². The van der Waals surface area contributed by atoms with Crippen molar-refractivity contribution in [1.29, 1.82) is 0 Å². The summed E-state index contributed by atoms with van der Waals surface area (Å²) < 4.78 is 0. The molecule has 3 aliphatic rings. The molecule has 23 heavy (non-hydrogen) atoms. The second-order valence-electron chi connectivity index (χ2n) is 7.59. The SMILES string of the molecule is [C-]#[N+]C1C[C@@]2(C)C(=CC(=O)[C@@]3(C)C=CC(=O)C=C32)C(C)(C)C1=O. The van der Waals surface area contributed by atoms with Gasteiger partial charge in [-0.1, -0.05) is 13.0 Å². The third kappa shape index (κ3) is 1.80. The first-order valence-corrected chi connectivity index (χ1v) is 7.71. The number of carbonyl (C=O) groups excluding carboxylic acids is 3. The number of rotatable bonds is 0. The molecule has 0 aromatic rings. The largest absolute Gasteiger partial charge is 0.305 e. The molecule has 1 fully saturated rings. The fourth-order valence-electron chi connectivity index (χ4n) is 4.43. The van der Waals surface area contributed by atoms with Crippen LogP contribution < -0.4 is 0 Å². The lowest BCUT2D eigenvalue weighted by atomic mass is 9.48. The van der Waals surface area contributed by atoms with Gasteiger partial charge in [-0.25, -0.2) is 6.57 Å². The smallest absolute Gasteiger partial charge is 0.282 e. The fraction of sp³-hybridized carbons (Fsp3) is 0.474. The van der Waals surface area contributed by atoms with Gasteiger partial charge in [-0.3, -0.25) is 14.4 Å². The molecule has 0 amide bonds. The highest BCUT2D eigenvalue weighted by Gasteiger charge is 2.61.